The predicted molar refractivity (Wildman–Crippen MR) is 113 cm³/mol. The minimum Gasteiger partial charge on any atom is -0.325 e. The van der Waals surface area contributed by atoms with E-state index in [1.54, 1.807) is 39.9 Å². The van der Waals surface area contributed by atoms with Gasteiger partial charge in [0, 0.05) is 29.7 Å². The van der Waals surface area contributed by atoms with Crippen molar-refractivity contribution in [2.75, 3.05) is 18.4 Å². The van der Waals surface area contributed by atoms with Crippen LogP contribution in [0.2, 0.25) is 0 Å². The molecule has 0 radical (unpaired) electrons. The SMILES string of the molecule is CC(NC(C)c1cccs1)C(=O)Nc1ccc(S(=O)(=O)N2CCCCC2)cc1. The number of anilines is 1. The van der Waals surface area contributed by atoms with Gasteiger partial charge in [0.25, 0.3) is 0 Å². The summed E-state index contributed by atoms with van der Waals surface area (Å²) < 4.78 is 26.9. The molecule has 2 atom stereocenters. The van der Waals surface area contributed by atoms with E-state index in [1.165, 1.54) is 4.88 Å². The average molecular weight is 422 g/mol. The molecule has 0 spiro atoms. The van der Waals surface area contributed by atoms with Gasteiger partial charge in [-0.05, 0) is 62.4 Å². The molecule has 2 unspecified atom stereocenters. The minimum absolute atomic E-state index is 0.0813. The summed E-state index contributed by atoms with van der Waals surface area (Å²) in [6, 6.07) is 10.1. The first-order valence-electron chi connectivity index (χ1n) is 9.58. The Hall–Kier alpha value is -1.74. The standard InChI is InChI=1S/C20H27N3O3S2/c1-15(19-7-6-14-27-19)21-16(2)20(24)22-17-8-10-18(11-9-17)28(25,26)23-12-4-3-5-13-23/h6-11,14-16,21H,3-5,12-13H2,1-2H3,(H,22,24). The Kier molecular flexibility index (Phi) is 6.87. The van der Waals surface area contributed by atoms with Crippen molar-refractivity contribution in [3.63, 3.8) is 0 Å². The van der Waals surface area contributed by atoms with Gasteiger partial charge in [-0.1, -0.05) is 12.5 Å². The van der Waals surface area contributed by atoms with Gasteiger partial charge in [0.2, 0.25) is 15.9 Å². The lowest BCUT2D eigenvalue weighted by Crippen LogP contribution is -2.39. The van der Waals surface area contributed by atoms with Crippen molar-refractivity contribution in [3.8, 4) is 0 Å². The highest BCUT2D eigenvalue weighted by molar-refractivity contribution is 7.89. The van der Waals surface area contributed by atoms with Crippen molar-refractivity contribution in [2.24, 2.45) is 0 Å². The third-order valence-electron chi connectivity index (χ3n) is 4.94. The van der Waals surface area contributed by atoms with Crippen LogP contribution in [0.1, 0.15) is 44.0 Å². The number of thiophene rings is 1. The number of nitrogens with one attached hydrogen (secondary N) is 2. The van der Waals surface area contributed by atoms with E-state index in [1.807, 2.05) is 31.4 Å². The number of piperidine rings is 1. The number of amides is 1. The molecule has 0 aliphatic carbocycles. The van der Waals surface area contributed by atoms with Gasteiger partial charge in [-0.2, -0.15) is 4.31 Å². The van der Waals surface area contributed by atoms with Gasteiger partial charge in [0.05, 0.1) is 10.9 Å². The van der Waals surface area contributed by atoms with Crippen LogP contribution in [0.5, 0.6) is 0 Å². The van der Waals surface area contributed by atoms with E-state index >= 15 is 0 Å². The van der Waals surface area contributed by atoms with Crippen molar-refractivity contribution in [1.82, 2.24) is 9.62 Å². The highest BCUT2D eigenvalue weighted by Gasteiger charge is 2.26. The molecule has 3 rings (SSSR count). The Bertz CT molecular complexity index is 874. The fourth-order valence-corrected chi connectivity index (χ4v) is 5.55. The molecular formula is C20H27N3O3S2. The fourth-order valence-electron chi connectivity index (χ4n) is 3.29. The number of nitrogens with zero attached hydrogens (tertiary/aromatic N) is 1. The maximum absolute atomic E-state index is 12.7. The zero-order valence-electron chi connectivity index (χ0n) is 16.2. The molecule has 2 heterocycles. The van der Waals surface area contributed by atoms with Gasteiger partial charge >= 0.3 is 0 Å². The maximum atomic E-state index is 12.7. The summed E-state index contributed by atoms with van der Waals surface area (Å²) in [5.74, 6) is -0.157. The van der Waals surface area contributed by atoms with E-state index in [-0.39, 0.29) is 22.9 Å². The minimum atomic E-state index is -3.46. The Morgan fingerprint density at radius 2 is 1.75 bits per heavy atom. The predicted octanol–water partition coefficient (Wildman–Crippen LogP) is 3.60. The number of hydrogen-bond acceptors (Lipinski definition) is 5. The third kappa shape index (κ3) is 5.00. The Morgan fingerprint density at radius 3 is 2.36 bits per heavy atom. The molecule has 0 saturated carbocycles. The van der Waals surface area contributed by atoms with E-state index < -0.39 is 10.0 Å². The largest absolute Gasteiger partial charge is 0.325 e. The number of hydrogen-bond donors (Lipinski definition) is 2. The molecular weight excluding hydrogens is 394 g/mol. The molecule has 0 bridgehead atoms. The Morgan fingerprint density at radius 1 is 1.07 bits per heavy atom. The van der Waals surface area contributed by atoms with Crippen molar-refractivity contribution < 1.29 is 13.2 Å². The lowest BCUT2D eigenvalue weighted by atomic mass is 10.2. The molecule has 152 valence electrons. The number of sulfonamides is 1. The van der Waals surface area contributed by atoms with Crippen LogP contribution in [0.3, 0.4) is 0 Å². The van der Waals surface area contributed by atoms with Crippen LogP contribution >= 0.6 is 11.3 Å². The molecule has 2 N–H and O–H groups in total. The van der Waals surface area contributed by atoms with Crippen molar-refractivity contribution in [3.05, 3.63) is 46.7 Å². The second kappa shape index (κ2) is 9.17. The summed E-state index contributed by atoms with van der Waals surface area (Å²) in [5.41, 5.74) is 0.583. The van der Waals surface area contributed by atoms with Crippen LogP contribution in [0.25, 0.3) is 0 Å². The Balaban J connectivity index is 1.59. The van der Waals surface area contributed by atoms with Crippen molar-refractivity contribution in [1.29, 1.82) is 0 Å². The summed E-state index contributed by atoms with van der Waals surface area (Å²) >= 11 is 1.65. The van der Waals surface area contributed by atoms with Gasteiger partial charge in [0.15, 0.2) is 0 Å². The summed E-state index contributed by atoms with van der Waals surface area (Å²) in [7, 11) is -3.46. The fraction of sp³-hybridized carbons (Fsp3) is 0.450. The number of rotatable bonds is 7. The zero-order valence-corrected chi connectivity index (χ0v) is 17.9. The zero-order chi connectivity index (χ0) is 20.1. The first kappa shape index (κ1) is 21.0. The molecule has 1 aromatic heterocycles. The highest BCUT2D eigenvalue weighted by atomic mass is 32.2. The molecule has 1 saturated heterocycles. The van der Waals surface area contributed by atoms with E-state index in [0.29, 0.717) is 18.8 Å². The second-order valence-corrected chi connectivity index (χ2v) is 10.0. The topological polar surface area (TPSA) is 78.5 Å². The van der Waals surface area contributed by atoms with Crippen molar-refractivity contribution in [2.45, 2.75) is 50.1 Å². The second-order valence-electron chi connectivity index (χ2n) is 7.10. The van der Waals surface area contributed by atoms with Gasteiger partial charge < -0.3 is 5.32 Å². The number of carbonyl (C=O) groups is 1. The van der Waals surface area contributed by atoms with Crippen LogP contribution in [-0.2, 0) is 14.8 Å². The molecule has 1 fully saturated rings. The van der Waals surface area contributed by atoms with Gasteiger partial charge in [-0.15, -0.1) is 11.3 Å². The van der Waals surface area contributed by atoms with Gasteiger partial charge in [0.1, 0.15) is 0 Å². The molecule has 8 heteroatoms. The van der Waals surface area contributed by atoms with E-state index in [2.05, 4.69) is 10.6 Å². The molecule has 1 aromatic carbocycles. The van der Waals surface area contributed by atoms with Crippen LogP contribution in [0.15, 0.2) is 46.7 Å². The monoisotopic (exact) mass is 421 g/mol. The number of benzene rings is 1. The van der Waals surface area contributed by atoms with Crippen LogP contribution in [-0.4, -0.2) is 37.8 Å². The molecule has 1 aliphatic rings. The lowest BCUT2D eigenvalue weighted by Gasteiger charge is -2.26. The summed E-state index contributed by atoms with van der Waals surface area (Å²) in [6.07, 6.45) is 2.89. The first-order valence-corrected chi connectivity index (χ1v) is 11.9. The molecule has 1 amide bonds. The van der Waals surface area contributed by atoms with Crippen LogP contribution in [0, 0.1) is 0 Å². The molecule has 6 nitrogen and oxygen atoms in total. The van der Waals surface area contributed by atoms with Crippen LogP contribution < -0.4 is 10.6 Å². The third-order valence-corrected chi connectivity index (χ3v) is 7.91. The molecule has 1 aliphatic heterocycles. The van der Waals surface area contributed by atoms with Crippen LogP contribution in [0.4, 0.5) is 5.69 Å². The summed E-state index contributed by atoms with van der Waals surface area (Å²) in [4.78, 5) is 13.9. The van der Waals surface area contributed by atoms with E-state index in [9.17, 15) is 13.2 Å². The summed E-state index contributed by atoms with van der Waals surface area (Å²) in [6.45, 7) is 4.99. The quantitative estimate of drug-likeness (QED) is 0.716. The van der Waals surface area contributed by atoms with Crippen molar-refractivity contribution >= 4 is 33.0 Å². The highest BCUT2D eigenvalue weighted by Crippen LogP contribution is 2.22. The van der Waals surface area contributed by atoms with E-state index in [0.717, 1.165) is 19.3 Å². The Labute approximate surface area is 171 Å². The lowest BCUT2D eigenvalue weighted by molar-refractivity contribution is -0.117. The number of carbonyl (C=O) groups excluding carboxylic acids is 1. The molecule has 28 heavy (non-hydrogen) atoms. The first-order chi connectivity index (χ1) is 13.4. The normalized spacial score (nSPS) is 17.8. The van der Waals surface area contributed by atoms with Gasteiger partial charge in [-0.25, -0.2) is 8.42 Å². The smallest absolute Gasteiger partial charge is 0.243 e. The summed E-state index contributed by atoms with van der Waals surface area (Å²) in [5, 5.41) is 8.13. The maximum Gasteiger partial charge on any atom is 0.243 e. The van der Waals surface area contributed by atoms with E-state index in [4.69, 9.17) is 0 Å². The molecule has 2 aromatic rings. The van der Waals surface area contributed by atoms with Gasteiger partial charge in [-0.3, -0.25) is 10.1 Å². The average Bonchev–Trinajstić information content (AvgIpc) is 3.24.